The van der Waals surface area contributed by atoms with Crippen molar-refractivity contribution in [2.75, 3.05) is 6.54 Å². The molecule has 1 aromatic heterocycles. The molecule has 0 aliphatic heterocycles. The molecular formula is C11H13N3O5S. The highest BCUT2D eigenvalue weighted by Gasteiger charge is 2.15. The van der Waals surface area contributed by atoms with Gasteiger partial charge in [0.15, 0.2) is 0 Å². The van der Waals surface area contributed by atoms with Gasteiger partial charge >= 0.3 is 11.1 Å². The fourth-order valence-corrected chi connectivity index (χ4v) is 2.72. The van der Waals surface area contributed by atoms with Gasteiger partial charge in [-0.3, -0.25) is 9.59 Å². The molecule has 20 heavy (non-hydrogen) atoms. The lowest BCUT2D eigenvalue weighted by molar-refractivity contribution is 0.198. The van der Waals surface area contributed by atoms with E-state index in [2.05, 4.69) is 14.7 Å². The van der Waals surface area contributed by atoms with Crippen LogP contribution in [0.1, 0.15) is 6.92 Å². The normalized spacial score (nSPS) is 13.5. The van der Waals surface area contributed by atoms with Crippen molar-refractivity contribution in [2.45, 2.75) is 17.9 Å². The Kier molecular flexibility index (Phi) is 3.75. The number of aliphatic hydroxyl groups is 1. The maximum absolute atomic E-state index is 11.9. The third-order valence-electron chi connectivity index (χ3n) is 2.57. The average Bonchev–Trinajstić information content (AvgIpc) is 2.37. The van der Waals surface area contributed by atoms with Crippen molar-refractivity contribution < 1.29 is 13.5 Å². The monoisotopic (exact) mass is 299 g/mol. The number of aliphatic hydroxyl groups excluding tert-OH is 1. The number of fused-ring (bicyclic) bond motifs is 1. The van der Waals surface area contributed by atoms with Gasteiger partial charge in [0.2, 0.25) is 10.0 Å². The molecule has 0 radical (unpaired) electrons. The van der Waals surface area contributed by atoms with Gasteiger partial charge in [-0.2, -0.15) is 0 Å². The van der Waals surface area contributed by atoms with E-state index >= 15 is 0 Å². The highest BCUT2D eigenvalue weighted by atomic mass is 32.2. The number of aromatic nitrogens is 2. The summed E-state index contributed by atoms with van der Waals surface area (Å²) in [4.78, 5) is 26.9. The summed E-state index contributed by atoms with van der Waals surface area (Å²) >= 11 is 0. The Labute approximate surface area is 113 Å². The first-order valence-electron chi connectivity index (χ1n) is 5.74. The number of sulfonamides is 1. The number of H-pyrrole nitrogens is 2. The molecule has 8 nitrogen and oxygen atoms in total. The van der Waals surface area contributed by atoms with Gasteiger partial charge in [-0.25, -0.2) is 13.1 Å². The molecule has 1 unspecified atom stereocenters. The first-order valence-corrected chi connectivity index (χ1v) is 7.22. The molecule has 0 saturated carbocycles. The van der Waals surface area contributed by atoms with Crippen molar-refractivity contribution in [3.05, 3.63) is 38.9 Å². The molecule has 0 bridgehead atoms. The van der Waals surface area contributed by atoms with E-state index < -0.39 is 27.2 Å². The summed E-state index contributed by atoms with van der Waals surface area (Å²) in [5.41, 5.74) is -1.14. The molecule has 2 rings (SSSR count). The maximum atomic E-state index is 11.9. The van der Waals surface area contributed by atoms with Crippen LogP contribution in [0.2, 0.25) is 0 Å². The molecule has 0 amide bonds. The Bertz CT molecular complexity index is 850. The second kappa shape index (κ2) is 5.19. The third kappa shape index (κ3) is 2.95. The molecule has 0 aliphatic rings. The molecule has 4 N–H and O–H groups in total. The molecular weight excluding hydrogens is 286 g/mol. The van der Waals surface area contributed by atoms with E-state index in [1.807, 2.05) is 0 Å². The zero-order valence-electron chi connectivity index (χ0n) is 10.5. The van der Waals surface area contributed by atoms with Crippen LogP contribution in [0.3, 0.4) is 0 Å². The lowest BCUT2D eigenvalue weighted by atomic mass is 10.3. The zero-order valence-corrected chi connectivity index (χ0v) is 11.3. The fourth-order valence-electron chi connectivity index (χ4n) is 1.57. The zero-order chi connectivity index (χ0) is 14.9. The quantitative estimate of drug-likeness (QED) is 0.531. The van der Waals surface area contributed by atoms with Crippen LogP contribution < -0.4 is 15.8 Å². The van der Waals surface area contributed by atoms with Crippen molar-refractivity contribution in [1.29, 1.82) is 0 Å². The summed E-state index contributed by atoms with van der Waals surface area (Å²) in [7, 11) is -3.79. The number of nitrogens with one attached hydrogen (secondary N) is 3. The van der Waals surface area contributed by atoms with Crippen LogP contribution >= 0.6 is 0 Å². The Morgan fingerprint density at radius 3 is 2.40 bits per heavy atom. The van der Waals surface area contributed by atoms with E-state index in [1.54, 1.807) is 0 Å². The van der Waals surface area contributed by atoms with E-state index in [-0.39, 0.29) is 17.0 Å². The van der Waals surface area contributed by atoms with Crippen LogP contribution in [0.4, 0.5) is 0 Å². The molecule has 0 spiro atoms. The van der Waals surface area contributed by atoms with Crippen LogP contribution in [-0.2, 0) is 10.0 Å². The second-order valence-electron chi connectivity index (χ2n) is 4.32. The number of hydrogen-bond acceptors (Lipinski definition) is 5. The minimum atomic E-state index is -3.79. The van der Waals surface area contributed by atoms with E-state index in [4.69, 9.17) is 5.11 Å². The molecule has 0 fully saturated rings. The van der Waals surface area contributed by atoms with Gasteiger partial charge < -0.3 is 15.1 Å². The molecule has 0 aliphatic carbocycles. The van der Waals surface area contributed by atoms with Crippen molar-refractivity contribution in [3.8, 4) is 0 Å². The largest absolute Gasteiger partial charge is 0.392 e. The SMILES string of the molecule is CC(O)CNS(=O)(=O)c1ccc2[nH]c(=O)c(=O)[nH]c2c1. The summed E-state index contributed by atoms with van der Waals surface area (Å²) in [6.07, 6.45) is -0.818. The Morgan fingerprint density at radius 1 is 1.20 bits per heavy atom. The summed E-state index contributed by atoms with van der Waals surface area (Å²) < 4.78 is 26.1. The highest BCUT2D eigenvalue weighted by Crippen LogP contribution is 2.14. The molecule has 1 heterocycles. The number of benzene rings is 1. The lowest BCUT2D eigenvalue weighted by Crippen LogP contribution is -2.31. The summed E-state index contributed by atoms with van der Waals surface area (Å²) in [5.74, 6) is 0. The molecule has 108 valence electrons. The topological polar surface area (TPSA) is 132 Å². The predicted molar refractivity (Wildman–Crippen MR) is 72.1 cm³/mol. The van der Waals surface area contributed by atoms with Crippen LogP contribution in [0.25, 0.3) is 11.0 Å². The molecule has 1 aromatic carbocycles. The van der Waals surface area contributed by atoms with Crippen LogP contribution in [-0.4, -0.2) is 36.1 Å². The number of rotatable bonds is 4. The van der Waals surface area contributed by atoms with Crippen molar-refractivity contribution >= 4 is 21.1 Å². The fraction of sp³-hybridized carbons (Fsp3) is 0.273. The summed E-state index contributed by atoms with van der Waals surface area (Å²) in [6.45, 7) is 1.33. The third-order valence-corrected chi connectivity index (χ3v) is 3.99. The molecule has 2 aromatic rings. The van der Waals surface area contributed by atoms with Gasteiger partial charge in [-0.1, -0.05) is 0 Å². The van der Waals surface area contributed by atoms with E-state index in [1.165, 1.54) is 25.1 Å². The van der Waals surface area contributed by atoms with Crippen molar-refractivity contribution in [1.82, 2.24) is 14.7 Å². The summed E-state index contributed by atoms with van der Waals surface area (Å²) in [6, 6.07) is 3.90. The van der Waals surface area contributed by atoms with E-state index in [0.717, 1.165) is 0 Å². The van der Waals surface area contributed by atoms with Gasteiger partial charge in [0.25, 0.3) is 0 Å². The highest BCUT2D eigenvalue weighted by molar-refractivity contribution is 7.89. The van der Waals surface area contributed by atoms with Crippen LogP contribution in [0.5, 0.6) is 0 Å². The standard InChI is InChI=1S/C11H13N3O5S/c1-6(15)5-12-20(18,19)7-2-3-8-9(4-7)14-11(17)10(16)13-8/h2-4,6,12,15H,5H2,1H3,(H,13,16)(H,14,17). The number of aromatic amines is 2. The van der Waals surface area contributed by atoms with Gasteiger partial charge in [0.1, 0.15) is 0 Å². The van der Waals surface area contributed by atoms with Gasteiger partial charge in [0, 0.05) is 6.54 Å². The minimum Gasteiger partial charge on any atom is -0.392 e. The van der Waals surface area contributed by atoms with Crippen molar-refractivity contribution in [2.24, 2.45) is 0 Å². The maximum Gasteiger partial charge on any atom is 0.314 e. The van der Waals surface area contributed by atoms with Gasteiger partial charge in [-0.05, 0) is 25.1 Å². The number of hydrogen-bond donors (Lipinski definition) is 4. The van der Waals surface area contributed by atoms with E-state index in [0.29, 0.717) is 5.52 Å². The minimum absolute atomic E-state index is 0.0756. The predicted octanol–water partition coefficient (Wildman–Crippen LogP) is -1.12. The summed E-state index contributed by atoms with van der Waals surface area (Å²) in [5, 5.41) is 9.09. The average molecular weight is 299 g/mol. The Hall–Kier alpha value is -1.97. The van der Waals surface area contributed by atoms with E-state index in [9.17, 15) is 18.0 Å². The molecule has 9 heteroatoms. The Balaban J connectivity index is 2.49. The smallest absolute Gasteiger partial charge is 0.314 e. The van der Waals surface area contributed by atoms with Gasteiger partial charge in [0.05, 0.1) is 22.0 Å². The first kappa shape index (κ1) is 14.4. The first-order chi connectivity index (χ1) is 9.29. The van der Waals surface area contributed by atoms with Gasteiger partial charge in [-0.15, -0.1) is 0 Å². The second-order valence-corrected chi connectivity index (χ2v) is 6.08. The molecule has 0 saturated heterocycles. The Morgan fingerprint density at radius 2 is 1.80 bits per heavy atom. The van der Waals surface area contributed by atoms with Crippen molar-refractivity contribution in [3.63, 3.8) is 0 Å². The van der Waals surface area contributed by atoms with Crippen LogP contribution in [0, 0.1) is 0 Å². The van der Waals surface area contributed by atoms with Crippen LogP contribution in [0.15, 0.2) is 32.7 Å². The molecule has 1 atom stereocenters. The lowest BCUT2D eigenvalue weighted by Gasteiger charge is -2.08.